The minimum absolute atomic E-state index is 0.0610. The lowest BCUT2D eigenvalue weighted by Crippen LogP contribution is -2.12. The number of aromatic nitrogens is 4. The predicted molar refractivity (Wildman–Crippen MR) is 117 cm³/mol. The maximum Gasteiger partial charge on any atom is 0.277 e. The molecule has 2 aromatic carbocycles. The largest absolute Gasteiger partial charge is 0.411 e. The second kappa shape index (κ2) is 9.92. The Bertz CT molecular complexity index is 1250. The van der Waals surface area contributed by atoms with E-state index in [-0.39, 0.29) is 23.8 Å². The zero-order valence-corrected chi connectivity index (χ0v) is 18.4. The highest BCUT2D eigenvalue weighted by molar-refractivity contribution is 7.98. The number of carbonyl (C=O) groups is 1. The van der Waals surface area contributed by atoms with Crippen LogP contribution in [0.3, 0.4) is 0 Å². The third-order valence-corrected chi connectivity index (χ3v) is 5.49. The number of nitrogens with one attached hydrogen (secondary N) is 1. The summed E-state index contributed by atoms with van der Waals surface area (Å²) in [5, 5.41) is 15.0. The first-order chi connectivity index (χ1) is 15.5. The average Bonchev–Trinajstić information content (AvgIpc) is 3.43. The molecule has 4 aromatic rings. The van der Waals surface area contributed by atoms with Crippen molar-refractivity contribution < 1.29 is 18.1 Å². The molecule has 1 N–H and O–H groups in total. The normalized spacial score (nSPS) is 11.0. The number of benzene rings is 2. The average molecular weight is 474 g/mol. The molecule has 0 aliphatic heterocycles. The maximum atomic E-state index is 13.2. The minimum atomic E-state index is -0.548. The lowest BCUT2D eigenvalue weighted by atomic mass is 10.1. The van der Waals surface area contributed by atoms with E-state index >= 15 is 0 Å². The van der Waals surface area contributed by atoms with Crippen molar-refractivity contribution in [2.24, 2.45) is 0 Å². The molecule has 2 aromatic heterocycles. The molecule has 2 heterocycles. The fourth-order valence-electron chi connectivity index (χ4n) is 2.78. The predicted octanol–water partition coefficient (Wildman–Crippen LogP) is 5.08. The zero-order valence-electron chi connectivity index (χ0n) is 16.8. The van der Waals surface area contributed by atoms with Crippen molar-refractivity contribution in [1.29, 1.82) is 0 Å². The smallest absolute Gasteiger partial charge is 0.277 e. The van der Waals surface area contributed by atoms with E-state index in [0.29, 0.717) is 34.3 Å². The van der Waals surface area contributed by atoms with Crippen LogP contribution in [-0.4, -0.2) is 26.2 Å². The molecule has 0 bridgehead atoms. The third-order valence-electron chi connectivity index (χ3n) is 4.39. The Morgan fingerprint density at radius 3 is 2.88 bits per heavy atom. The van der Waals surface area contributed by atoms with E-state index in [0.717, 1.165) is 11.1 Å². The van der Waals surface area contributed by atoms with Gasteiger partial charge in [0.2, 0.25) is 17.7 Å². The Morgan fingerprint density at radius 1 is 1.22 bits per heavy atom. The van der Waals surface area contributed by atoms with Crippen LogP contribution in [0.5, 0.6) is 0 Å². The number of hydrogen-bond donors (Lipinski definition) is 1. The molecule has 0 atom stereocenters. The highest BCUT2D eigenvalue weighted by Crippen LogP contribution is 2.27. The molecule has 1 amide bonds. The number of halogens is 2. The molecule has 0 aliphatic carbocycles. The van der Waals surface area contributed by atoms with Crippen LogP contribution in [0.25, 0.3) is 11.5 Å². The van der Waals surface area contributed by atoms with Crippen molar-refractivity contribution in [3.63, 3.8) is 0 Å². The monoisotopic (exact) mass is 473 g/mol. The van der Waals surface area contributed by atoms with Crippen molar-refractivity contribution in [3.05, 3.63) is 70.6 Å². The molecule has 0 unspecified atom stereocenters. The van der Waals surface area contributed by atoms with Gasteiger partial charge in [0.15, 0.2) is 5.82 Å². The van der Waals surface area contributed by atoms with Gasteiger partial charge in [0.25, 0.3) is 5.22 Å². The number of nitrogens with zero attached hydrogens (tertiary/aromatic N) is 4. The summed E-state index contributed by atoms with van der Waals surface area (Å²) >= 11 is 7.00. The van der Waals surface area contributed by atoms with Crippen molar-refractivity contribution in [3.8, 4) is 11.5 Å². The highest BCUT2D eigenvalue weighted by Gasteiger charge is 2.14. The Labute approximate surface area is 191 Å². The van der Waals surface area contributed by atoms with Crippen LogP contribution in [-0.2, 0) is 17.0 Å². The number of anilines is 1. The molecular formula is C21H17ClFN5O3S. The standard InChI is InChI=1S/C21H17ClFN5O3S/c1-12-4-2-3-5-14(12)20-26-27-21(30-20)32-11-17-25-19(31-28-17)9-8-18(29)24-13-6-7-16(23)15(22)10-13/h2-7,10H,8-9,11H2,1H3,(H,24,29). The van der Waals surface area contributed by atoms with Gasteiger partial charge in [-0.05, 0) is 36.8 Å². The van der Waals surface area contributed by atoms with Gasteiger partial charge in [-0.1, -0.05) is 46.7 Å². The van der Waals surface area contributed by atoms with Gasteiger partial charge in [-0.15, -0.1) is 10.2 Å². The Kier molecular flexibility index (Phi) is 6.81. The first-order valence-electron chi connectivity index (χ1n) is 9.56. The summed E-state index contributed by atoms with van der Waals surface area (Å²) in [6.07, 6.45) is 0.379. The lowest BCUT2D eigenvalue weighted by Gasteiger charge is -2.04. The van der Waals surface area contributed by atoms with Crippen LogP contribution in [0.1, 0.15) is 23.7 Å². The number of amides is 1. The molecule has 0 fully saturated rings. The van der Waals surface area contributed by atoms with Crippen molar-refractivity contribution in [2.45, 2.75) is 30.7 Å². The number of thioether (sulfide) groups is 1. The Morgan fingerprint density at radius 2 is 2.06 bits per heavy atom. The van der Waals surface area contributed by atoms with E-state index in [4.69, 9.17) is 20.5 Å². The quantitative estimate of drug-likeness (QED) is 0.353. The van der Waals surface area contributed by atoms with Gasteiger partial charge in [-0.3, -0.25) is 4.79 Å². The maximum absolute atomic E-state index is 13.2. The van der Waals surface area contributed by atoms with Crippen LogP contribution in [0.2, 0.25) is 5.02 Å². The van der Waals surface area contributed by atoms with Crippen molar-refractivity contribution in [2.75, 3.05) is 5.32 Å². The summed E-state index contributed by atoms with van der Waals surface area (Å²) in [4.78, 5) is 16.3. The lowest BCUT2D eigenvalue weighted by molar-refractivity contribution is -0.116. The molecule has 32 heavy (non-hydrogen) atoms. The minimum Gasteiger partial charge on any atom is -0.411 e. The number of aryl methyl sites for hydroxylation is 2. The molecule has 8 nitrogen and oxygen atoms in total. The molecule has 0 aliphatic rings. The molecule has 0 saturated heterocycles. The molecule has 0 spiro atoms. The van der Waals surface area contributed by atoms with E-state index in [2.05, 4.69) is 25.7 Å². The van der Waals surface area contributed by atoms with Gasteiger partial charge in [-0.25, -0.2) is 4.39 Å². The van der Waals surface area contributed by atoms with E-state index in [1.807, 2.05) is 31.2 Å². The van der Waals surface area contributed by atoms with Gasteiger partial charge >= 0.3 is 0 Å². The van der Waals surface area contributed by atoms with E-state index in [9.17, 15) is 9.18 Å². The van der Waals surface area contributed by atoms with Crippen LogP contribution in [0.4, 0.5) is 10.1 Å². The van der Waals surface area contributed by atoms with E-state index < -0.39 is 5.82 Å². The summed E-state index contributed by atoms with van der Waals surface area (Å²) in [6.45, 7) is 1.97. The molecule has 4 rings (SSSR count). The molecular weight excluding hydrogens is 457 g/mol. The third kappa shape index (κ3) is 5.51. The molecule has 0 radical (unpaired) electrons. The van der Waals surface area contributed by atoms with Crippen LogP contribution >= 0.6 is 23.4 Å². The molecule has 164 valence electrons. The van der Waals surface area contributed by atoms with E-state index in [1.54, 1.807) is 0 Å². The van der Waals surface area contributed by atoms with Gasteiger partial charge in [-0.2, -0.15) is 4.98 Å². The van der Waals surface area contributed by atoms with Crippen LogP contribution < -0.4 is 5.32 Å². The molecule has 11 heteroatoms. The summed E-state index contributed by atoms with van der Waals surface area (Å²) < 4.78 is 24.1. The van der Waals surface area contributed by atoms with E-state index in [1.165, 1.54) is 30.0 Å². The van der Waals surface area contributed by atoms with Gasteiger partial charge < -0.3 is 14.3 Å². The van der Waals surface area contributed by atoms with Crippen LogP contribution in [0, 0.1) is 12.7 Å². The highest BCUT2D eigenvalue weighted by atomic mass is 35.5. The van der Waals surface area contributed by atoms with Crippen molar-refractivity contribution >= 4 is 35.0 Å². The van der Waals surface area contributed by atoms with Gasteiger partial charge in [0.1, 0.15) is 5.82 Å². The Hall–Kier alpha value is -3.24. The molecule has 0 saturated carbocycles. The van der Waals surface area contributed by atoms with Crippen molar-refractivity contribution in [1.82, 2.24) is 20.3 Å². The number of carbonyl (C=O) groups excluding carboxylic acids is 1. The fourth-order valence-corrected chi connectivity index (χ4v) is 3.57. The number of rotatable bonds is 8. The Balaban J connectivity index is 1.27. The summed E-state index contributed by atoms with van der Waals surface area (Å²) in [5.41, 5.74) is 2.34. The first-order valence-corrected chi connectivity index (χ1v) is 10.9. The zero-order chi connectivity index (χ0) is 22.5. The van der Waals surface area contributed by atoms with Gasteiger partial charge in [0.05, 0.1) is 10.8 Å². The summed E-state index contributed by atoms with van der Waals surface area (Å²) in [5.74, 6) is 0.779. The van der Waals surface area contributed by atoms with Gasteiger partial charge in [0, 0.05) is 24.1 Å². The SMILES string of the molecule is Cc1ccccc1-c1nnc(SCc2noc(CCC(=O)Nc3ccc(F)c(Cl)c3)n2)o1. The first kappa shape index (κ1) is 22.0. The fraction of sp³-hybridized carbons (Fsp3) is 0.190. The summed E-state index contributed by atoms with van der Waals surface area (Å²) in [6, 6.07) is 11.7. The second-order valence-electron chi connectivity index (χ2n) is 6.76. The topological polar surface area (TPSA) is 107 Å². The summed E-state index contributed by atoms with van der Waals surface area (Å²) in [7, 11) is 0. The second-order valence-corrected chi connectivity index (χ2v) is 8.09. The number of hydrogen-bond acceptors (Lipinski definition) is 8. The van der Waals surface area contributed by atoms with Crippen LogP contribution in [0.15, 0.2) is 56.6 Å².